The molecule has 0 saturated carbocycles. The van der Waals surface area contributed by atoms with E-state index >= 15 is 0 Å². The zero-order valence-corrected chi connectivity index (χ0v) is 10.7. The number of benzene rings is 1. The minimum Gasteiger partial charge on any atom is -0.391 e. The first-order chi connectivity index (χ1) is 7.63. The normalized spacial score (nSPS) is 10.8. The molecule has 1 aromatic carbocycles. The summed E-state index contributed by atoms with van der Waals surface area (Å²) in [6.07, 6.45) is 0. The third-order valence-electron chi connectivity index (χ3n) is 2.53. The van der Waals surface area contributed by atoms with Crippen molar-refractivity contribution in [2.45, 2.75) is 20.5 Å². The number of hydrogen-bond donors (Lipinski definition) is 1. The lowest BCUT2D eigenvalue weighted by Gasteiger charge is -2.08. The Morgan fingerprint density at radius 2 is 1.94 bits per heavy atom. The van der Waals surface area contributed by atoms with Crippen LogP contribution in [-0.4, -0.2) is 10.1 Å². The Bertz CT molecular complexity index is 501. The van der Waals surface area contributed by atoms with Gasteiger partial charge in [-0.25, -0.2) is 4.98 Å². The molecule has 16 heavy (non-hydrogen) atoms. The highest BCUT2D eigenvalue weighted by Gasteiger charge is 2.14. The molecule has 0 aliphatic carbocycles. The van der Waals surface area contributed by atoms with E-state index in [1.165, 1.54) is 11.3 Å². The summed E-state index contributed by atoms with van der Waals surface area (Å²) < 4.78 is 0.474. The number of aromatic nitrogens is 1. The van der Waals surface area contributed by atoms with Crippen LogP contribution in [0, 0.1) is 13.8 Å². The molecule has 1 heterocycles. The summed E-state index contributed by atoms with van der Waals surface area (Å²) >= 11 is 7.23. The van der Waals surface area contributed by atoms with Crippen molar-refractivity contribution in [2.24, 2.45) is 0 Å². The van der Waals surface area contributed by atoms with Crippen molar-refractivity contribution >= 4 is 22.9 Å². The number of halogens is 1. The fraction of sp³-hybridized carbons (Fsp3) is 0.250. The molecule has 0 bridgehead atoms. The van der Waals surface area contributed by atoms with E-state index in [1.807, 2.05) is 32.0 Å². The van der Waals surface area contributed by atoms with Gasteiger partial charge in [0.1, 0.15) is 0 Å². The maximum absolute atomic E-state index is 9.29. The van der Waals surface area contributed by atoms with Crippen molar-refractivity contribution < 1.29 is 5.11 Å². The van der Waals surface area contributed by atoms with Crippen LogP contribution in [0.1, 0.15) is 16.0 Å². The summed E-state index contributed by atoms with van der Waals surface area (Å²) in [4.78, 5) is 5.12. The van der Waals surface area contributed by atoms with E-state index in [2.05, 4.69) is 4.98 Å². The quantitative estimate of drug-likeness (QED) is 0.888. The molecular formula is C12H12ClNOS. The van der Waals surface area contributed by atoms with Gasteiger partial charge in [-0.3, -0.25) is 0 Å². The molecule has 0 aliphatic rings. The topological polar surface area (TPSA) is 33.1 Å². The Labute approximate surface area is 104 Å². The van der Waals surface area contributed by atoms with Crippen LogP contribution in [0.25, 0.3) is 11.3 Å². The largest absolute Gasteiger partial charge is 0.391 e. The number of thiazole rings is 1. The lowest BCUT2D eigenvalue weighted by Crippen LogP contribution is -1.91. The van der Waals surface area contributed by atoms with Gasteiger partial charge >= 0.3 is 0 Å². The molecule has 0 amide bonds. The minimum atomic E-state index is -0.0203. The molecule has 0 radical (unpaired) electrons. The fourth-order valence-electron chi connectivity index (χ4n) is 1.81. The van der Waals surface area contributed by atoms with Gasteiger partial charge in [0.15, 0.2) is 4.47 Å². The monoisotopic (exact) mass is 253 g/mol. The lowest BCUT2D eigenvalue weighted by molar-refractivity contribution is 0.286. The Morgan fingerprint density at radius 3 is 2.50 bits per heavy atom. The third kappa shape index (κ3) is 1.98. The van der Waals surface area contributed by atoms with Crippen LogP contribution in [0.3, 0.4) is 0 Å². The molecule has 0 fully saturated rings. The summed E-state index contributed by atoms with van der Waals surface area (Å²) in [7, 11) is 0. The highest BCUT2D eigenvalue weighted by atomic mass is 35.5. The second-order valence-electron chi connectivity index (χ2n) is 3.66. The first kappa shape index (κ1) is 11.6. The van der Waals surface area contributed by atoms with Crippen LogP contribution < -0.4 is 0 Å². The second kappa shape index (κ2) is 4.53. The zero-order chi connectivity index (χ0) is 11.7. The van der Waals surface area contributed by atoms with Gasteiger partial charge in [0.2, 0.25) is 0 Å². The van der Waals surface area contributed by atoms with E-state index < -0.39 is 0 Å². The van der Waals surface area contributed by atoms with Crippen molar-refractivity contribution in [3.63, 3.8) is 0 Å². The van der Waals surface area contributed by atoms with Gasteiger partial charge in [0, 0.05) is 5.56 Å². The zero-order valence-electron chi connectivity index (χ0n) is 9.12. The number of aliphatic hydroxyl groups excluding tert-OH is 1. The van der Waals surface area contributed by atoms with Crippen LogP contribution in [0.4, 0.5) is 0 Å². The highest BCUT2D eigenvalue weighted by molar-refractivity contribution is 7.16. The number of aryl methyl sites for hydroxylation is 2. The smallest absolute Gasteiger partial charge is 0.184 e. The van der Waals surface area contributed by atoms with Crippen molar-refractivity contribution in [1.82, 2.24) is 4.98 Å². The molecular weight excluding hydrogens is 242 g/mol. The second-order valence-corrected chi connectivity index (χ2v) is 5.33. The molecule has 0 unspecified atom stereocenters. The molecule has 0 atom stereocenters. The maximum atomic E-state index is 9.29. The first-order valence-electron chi connectivity index (χ1n) is 4.96. The molecule has 1 aromatic heterocycles. The van der Waals surface area contributed by atoms with Gasteiger partial charge < -0.3 is 5.11 Å². The predicted molar refractivity (Wildman–Crippen MR) is 68.0 cm³/mol. The summed E-state index contributed by atoms with van der Waals surface area (Å²) in [5.41, 5.74) is 4.19. The average molecular weight is 254 g/mol. The van der Waals surface area contributed by atoms with Gasteiger partial charge in [-0.05, 0) is 25.0 Å². The molecule has 84 valence electrons. The number of nitrogens with zero attached hydrogens (tertiary/aromatic N) is 1. The lowest BCUT2D eigenvalue weighted by atomic mass is 9.99. The van der Waals surface area contributed by atoms with E-state index in [-0.39, 0.29) is 6.61 Å². The number of aliphatic hydroxyl groups is 1. The van der Waals surface area contributed by atoms with Gasteiger partial charge in [0.25, 0.3) is 0 Å². The van der Waals surface area contributed by atoms with E-state index in [4.69, 9.17) is 11.6 Å². The molecule has 0 saturated heterocycles. The third-order valence-corrected chi connectivity index (χ3v) is 3.68. The van der Waals surface area contributed by atoms with E-state index in [0.717, 1.165) is 27.3 Å². The SMILES string of the molecule is Cc1cccc(C)c1-c1nc(Cl)sc1CO. The van der Waals surface area contributed by atoms with Gasteiger partial charge in [-0.15, -0.1) is 11.3 Å². The van der Waals surface area contributed by atoms with E-state index in [1.54, 1.807) is 0 Å². The van der Waals surface area contributed by atoms with Crippen LogP contribution in [0.2, 0.25) is 4.47 Å². The van der Waals surface area contributed by atoms with Crippen LogP contribution in [-0.2, 0) is 6.61 Å². The molecule has 0 aliphatic heterocycles. The van der Waals surface area contributed by atoms with E-state index in [0.29, 0.717) is 4.47 Å². The van der Waals surface area contributed by atoms with Gasteiger partial charge in [0.05, 0.1) is 17.2 Å². The Kier molecular flexibility index (Phi) is 3.28. The predicted octanol–water partition coefficient (Wildman–Crippen LogP) is 3.57. The highest BCUT2D eigenvalue weighted by Crippen LogP contribution is 2.34. The number of rotatable bonds is 2. The summed E-state index contributed by atoms with van der Waals surface area (Å²) in [6.45, 7) is 4.06. The first-order valence-corrected chi connectivity index (χ1v) is 6.15. The van der Waals surface area contributed by atoms with Crippen LogP contribution in [0.5, 0.6) is 0 Å². The minimum absolute atomic E-state index is 0.0203. The van der Waals surface area contributed by atoms with Crippen molar-refractivity contribution in [3.8, 4) is 11.3 Å². The average Bonchev–Trinajstić information content (AvgIpc) is 2.59. The van der Waals surface area contributed by atoms with Crippen molar-refractivity contribution in [3.05, 3.63) is 38.7 Å². The molecule has 4 heteroatoms. The molecule has 2 rings (SSSR count). The number of hydrogen-bond acceptors (Lipinski definition) is 3. The van der Waals surface area contributed by atoms with Crippen molar-refractivity contribution in [1.29, 1.82) is 0 Å². The maximum Gasteiger partial charge on any atom is 0.184 e. The van der Waals surface area contributed by atoms with Crippen LogP contribution >= 0.6 is 22.9 Å². The Morgan fingerprint density at radius 1 is 1.31 bits per heavy atom. The summed E-state index contributed by atoms with van der Waals surface area (Å²) in [5.74, 6) is 0. The van der Waals surface area contributed by atoms with E-state index in [9.17, 15) is 5.11 Å². The molecule has 2 aromatic rings. The van der Waals surface area contributed by atoms with Crippen LogP contribution in [0.15, 0.2) is 18.2 Å². The Balaban J connectivity index is 2.66. The molecule has 2 nitrogen and oxygen atoms in total. The standard InChI is InChI=1S/C12H12ClNOS/c1-7-4-3-5-8(2)10(7)11-9(6-15)16-12(13)14-11/h3-5,15H,6H2,1-2H3. The summed E-state index contributed by atoms with van der Waals surface area (Å²) in [5, 5.41) is 9.29. The van der Waals surface area contributed by atoms with Crippen molar-refractivity contribution in [2.75, 3.05) is 0 Å². The van der Waals surface area contributed by atoms with Gasteiger partial charge in [-0.1, -0.05) is 29.8 Å². The molecule has 1 N–H and O–H groups in total. The van der Waals surface area contributed by atoms with Gasteiger partial charge in [-0.2, -0.15) is 0 Å². The summed E-state index contributed by atoms with van der Waals surface area (Å²) in [6, 6.07) is 6.09. The fourth-order valence-corrected chi connectivity index (χ4v) is 2.83. The molecule has 0 spiro atoms. The Hall–Kier alpha value is -0.900.